The molecule has 0 radical (unpaired) electrons. The van der Waals surface area contributed by atoms with Gasteiger partial charge in [0.1, 0.15) is 6.61 Å². The Morgan fingerprint density at radius 1 is 0.730 bits per heavy atom. The lowest BCUT2D eigenvalue weighted by Crippen LogP contribution is -2.27. The van der Waals surface area contributed by atoms with Crippen molar-refractivity contribution in [3.8, 4) is 0 Å². The number of benzene rings is 1. The van der Waals surface area contributed by atoms with Crippen LogP contribution in [0.1, 0.15) is 134 Å². The molecule has 3 N–H and O–H groups in total. The second-order valence-corrected chi connectivity index (χ2v) is 9.88. The van der Waals surface area contributed by atoms with E-state index in [0.29, 0.717) is 24.3 Å². The first kappa shape index (κ1) is 34.9. The lowest BCUT2D eigenvalue weighted by Gasteiger charge is -2.17. The SMILES string of the molecule is CCCCCCCCCCCCCCCCCC(=O)O.CCN(CC)CCOC(=O)c1ccc(N)cc1. The molecule has 1 aromatic rings. The van der Waals surface area contributed by atoms with Crippen LogP contribution < -0.4 is 5.73 Å². The molecule has 214 valence electrons. The Hall–Kier alpha value is -2.08. The van der Waals surface area contributed by atoms with Crippen molar-refractivity contribution in [1.82, 2.24) is 4.90 Å². The van der Waals surface area contributed by atoms with Crippen molar-refractivity contribution in [3.63, 3.8) is 0 Å². The number of rotatable bonds is 22. The average molecular weight is 521 g/mol. The smallest absolute Gasteiger partial charge is 0.338 e. The number of anilines is 1. The highest BCUT2D eigenvalue weighted by Crippen LogP contribution is 2.13. The van der Waals surface area contributed by atoms with E-state index in [-0.39, 0.29) is 5.97 Å². The summed E-state index contributed by atoms with van der Waals surface area (Å²) in [5.74, 6) is -0.947. The molecule has 0 bridgehead atoms. The van der Waals surface area contributed by atoms with Crippen LogP contribution in [0.2, 0.25) is 0 Å². The summed E-state index contributed by atoms with van der Waals surface area (Å²) >= 11 is 0. The molecular formula is C31H56N2O4. The van der Waals surface area contributed by atoms with Crippen LogP contribution in [0.5, 0.6) is 0 Å². The van der Waals surface area contributed by atoms with Crippen molar-refractivity contribution in [1.29, 1.82) is 0 Å². The Morgan fingerprint density at radius 2 is 1.16 bits per heavy atom. The number of nitrogen functional groups attached to an aromatic ring is 1. The Kier molecular flexibility index (Phi) is 24.1. The average Bonchev–Trinajstić information content (AvgIpc) is 2.89. The molecule has 37 heavy (non-hydrogen) atoms. The summed E-state index contributed by atoms with van der Waals surface area (Å²) < 4.78 is 5.18. The maximum absolute atomic E-state index is 11.6. The third-order valence-electron chi connectivity index (χ3n) is 6.68. The first-order valence-corrected chi connectivity index (χ1v) is 14.9. The zero-order valence-electron chi connectivity index (χ0n) is 24.1. The fourth-order valence-electron chi connectivity index (χ4n) is 4.16. The number of nitrogens with zero attached hydrogens (tertiary/aromatic N) is 1. The summed E-state index contributed by atoms with van der Waals surface area (Å²) in [6.07, 6.45) is 20.2. The van der Waals surface area contributed by atoms with Gasteiger partial charge in [-0.15, -0.1) is 0 Å². The van der Waals surface area contributed by atoms with E-state index in [1.807, 2.05) is 0 Å². The maximum atomic E-state index is 11.6. The van der Waals surface area contributed by atoms with Crippen molar-refractivity contribution < 1.29 is 19.4 Å². The second-order valence-electron chi connectivity index (χ2n) is 9.88. The number of esters is 1. The van der Waals surface area contributed by atoms with Gasteiger partial charge in [0.25, 0.3) is 0 Å². The number of ether oxygens (including phenoxy) is 1. The molecule has 6 nitrogen and oxygen atoms in total. The predicted octanol–water partition coefficient (Wildman–Crippen LogP) is 8.10. The standard InChI is InChI=1S/C18H36O2.C13H20N2O2/c1-2-3-4-5-6-7-8-9-10-11-12-13-14-15-16-17-18(19)20;1-3-15(4-2)9-10-17-13(16)11-5-7-12(14)8-6-11/h2-17H2,1H3,(H,19,20);5-8H,3-4,9-10,14H2,1-2H3. The molecule has 0 atom stereocenters. The van der Waals surface area contributed by atoms with E-state index in [4.69, 9.17) is 15.6 Å². The number of likely N-dealkylation sites (N-methyl/N-ethyl adjacent to an activating group) is 1. The van der Waals surface area contributed by atoms with Crippen molar-refractivity contribution in [2.45, 2.75) is 124 Å². The van der Waals surface area contributed by atoms with Crippen LogP contribution in [0.25, 0.3) is 0 Å². The van der Waals surface area contributed by atoms with Crippen LogP contribution in [0.4, 0.5) is 5.69 Å². The molecule has 0 saturated heterocycles. The van der Waals surface area contributed by atoms with Crippen molar-refractivity contribution >= 4 is 17.6 Å². The molecule has 0 aliphatic heterocycles. The highest BCUT2D eigenvalue weighted by Gasteiger charge is 2.07. The molecular weight excluding hydrogens is 464 g/mol. The van der Waals surface area contributed by atoms with E-state index in [9.17, 15) is 9.59 Å². The zero-order valence-corrected chi connectivity index (χ0v) is 24.1. The fraction of sp³-hybridized carbons (Fsp3) is 0.742. The molecule has 1 rings (SSSR count). The summed E-state index contributed by atoms with van der Waals surface area (Å²) in [4.78, 5) is 24.2. The normalized spacial score (nSPS) is 10.7. The summed E-state index contributed by atoms with van der Waals surface area (Å²) in [5, 5.41) is 8.52. The van der Waals surface area contributed by atoms with Gasteiger partial charge in [0, 0.05) is 18.7 Å². The Labute approximate surface area is 227 Å². The lowest BCUT2D eigenvalue weighted by molar-refractivity contribution is -0.137. The van der Waals surface area contributed by atoms with E-state index in [1.165, 1.54) is 83.5 Å². The molecule has 0 fully saturated rings. The largest absolute Gasteiger partial charge is 0.481 e. The van der Waals surface area contributed by atoms with E-state index in [0.717, 1.165) is 32.5 Å². The van der Waals surface area contributed by atoms with Gasteiger partial charge in [-0.3, -0.25) is 4.79 Å². The van der Waals surface area contributed by atoms with E-state index in [2.05, 4.69) is 25.7 Å². The number of carbonyl (C=O) groups is 2. The Balaban J connectivity index is 0.000000708. The van der Waals surface area contributed by atoms with Gasteiger partial charge in [-0.25, -0.2) is 4.79 Å². The predicted molar refractivity (Wildman–Crippen MR) is 156 cm³/mol. The van der Waals surface area contributed by atoms with E-state index in [1.54, 1.807) is 24.3 Å². The monoisotopic (exact) mass is 520 g/mol. The van der Waals surface area contributed by atoms with Gasteiger partial charge in [0.15, 0.2) is 0 Å². The number of unbranched alkanes of at least 4 members (excludes halogenated alkanes) is 14. The number of aliphatic carboxylic acids is 1. The second kappa shape index (κ2) is 25.6. The molecule has 0 spiro atoms. The third kappa shape index (κ3) is 22.8. The van der Waals surface area contributed by atoms with Crippen LogP contribution in [-0.4, -0.2) is 48.2 Å². The molecule has 0 aliphatic carbocycles. The minimum atomic E-state index is -0.653. The van der Waals surface area contributed by atoms with Crippen molar-refractivity contribution in [2.24, 2.45) is 0 Å². The van der Waals surface area contributed by atoms with Gasteiger partial charge in [-0.05, 0) is 43.8 Å². The first-order valence-electron chi connectivity index (χ1n) is 14.9. The van der Waals surface area contributed by atoms with Crippen molar-refractivity contribution in [3.05, 3.63) is 29.8 Å². The number of nitrogens with two attached hydrogens (primary N) is 1. The summed E-state index contributed by atoms with van der Waals surface area (Å²) in [6, 6.07) is 6.74. The minimum Gasteiger partial charge on any atom is -0.481 e. The van der Waals surface area contributed by atoms with Crippen LogP contribution >= 0.6 is 0 Å². The quantitative estimate of drug-likeness (QED) is 0.0911. The van der Waals surface area contributed by atoms with Gasteiger partial charge in [-0.2, -0.15) is 0 Å². The highest BCUT2D eigenvalue weighted by molar-refractivity contribution is 5.89. The molecule has 6 heteroatoms. The zero-order chi connectivity index (χ0) is 27.6. The number of hydrogen-bond donors (Lipinski definition) is 2. The third-order valence-corrected chi connectivity index (χ3v) is 6.68. The number of hydrogen-bond acceptors (Lipinski definition) is 5. The van der Waals surface area contributed by atoms with Gasteiger partial charge >= 0.3 is 11.9 Å². The van der Waals surface area contributed by atoms with Gasteiger partial charge in [0.2, 0.25) is 0 Å². The van der Waals surface area contributed by atoms with Gasteiger partial charge < -0.3 is 20.5 Å². The molecule has 0 heterocycles. The molecule has 0 aromatic heterocycles. The first-order chi connectivity index (χ1) is 17.9. The number of carbonyl (C=O) groups excluding carboxylic acids is 1. The van der Waals surface area contributed by atoms with Crippen LogP contribution in [0.3, 0.4) is 0 Å². The Morgan fingerprint density at radius 3 is 1.57 bits per heavy atom. The summed E-state index contributed by atoms with van der Waals surface area (Å²) in [5.41, 5.74) is 6.73. The lowest BCUT2D eigenvalue weighted by atomic mass is 10.0. The molecule has 0 aliphatic rings. The fourth-order valence-corrected chi connectivity index (χ4v) is 4.16. The molecule has 0 unspecified atom stereocenters. The summed E-state index contributed by atoms with van der Waals surface area (Å²) in [7, 11) is 0. The molecule has 0 amide bonds. The number of carboxylic acid groups (broad SMARTS) is 1. The highest BCUT2D eigenvalue weighted by atomic mass is 16.5. The van der Waals surface area contributed by atoms with Crippen LogP contribution in [0.15, 0.2) is 24.3 Å². The summed E-state index contributed by atoms with van der Waals surface area (Å²) in [6.45, 7) is 9.58. The van der Waals surface area contributed by atoms with Crippen molar-refractivity contribution in [2.75, 3.05) is 32.0 Å². The maximum Gasteiger partial charge on any atom is 0.338 e. The topological polar surface area (TPSA) is 92.9 Å². The minimum absolute atomic E-state index is 0.294. The van der Waals surface area contributed by atoms with Gasteiger partial charge in [0.05, 0.1) is 5.56 Å². The molecule has 1 aromatic carbocycles. The van der Waals surface area contributed by atoms with E-state index < -0.39 is 5.97 Å². The van der Waals surface area contributed by atoms with Gasteiger partial charge in [-0.1, -0.05) is 111 Å². The molecule has 0 saturated carbocycles. The Bertz CT molecular complexity index is 660. The van der Waals surface area contributed by atoms with Crippen LogP contribution in [0, 0.1) is 0 Å². The van der Waals surface area contributed by atoms with Crippen LogP contribution in [-0.2, 0) is 9.53 Å². The number of carboxylic acids is 1. The van der Waals surface area contributed by atoms with E-state index >= 15 is 0 Å².